The maximum absolute atomic E-state index is 12.9. The second kappa shape index (κ2) is 7.74. The van der Waals surface area contributed by atoms with Crippen LogP contribution in [0.5, 0.6) is 0 Å². The number of aromatic nitrogens is 1. The number of hydrogen-bond acceptors (Lipinski definition) is 4. The molecule has 1 saturated heterocycles. The molecule has 1 fully saturated rings. The van der Waals surface area contributed by atoms with E-state index >= 15 is 0 Å². The van der Waals surface area contributed by atoms with Gasteiger partial charge in [-0.25, -0.2) is 0 Å². The number of halogens is 3. The van der Waals surface area contributed by atoms with Crippen molar-refractivity contribution >= 4 is 5.91 Å². The molecule has 1 aromatic rings. The van der Waals surface area contributed by atoms with E-state index in [-0.39, 0.29) is 0 Å². The fourth-order valence-corrected chi connectivity index (χ4v) is 2.57. The third-order valence-electron chi connectivity index (χ3n) is 4.00. The minimum absolute atomic E-state index is 0.317. The van der Waals surface area contributed by atoms with E-state index in [1.165, 1.54) is 0 Å². The monoisotopic (exact) mass is 330 g/mol. The van der Waals surface area contributed by atoms with Crippen molar-refractivity contribution in [3.05, 3.63) is 29.6 Å². The maximum Gasteiger partial charge on any atom is 0.417 e. The number of alkyl halides is 3. The summed E-state index contributed by atoms with van der Waals surface area (Å²) in [6, 6.07) is 0.818. The molecule has 1 aromatic heterocycles. The normalized spacial score (nSPS) is 17.2. The van der Waals surface area contributed by atoms with E-state index in [1.807, 2.05) is 0 Å². The van der Waals surface area contributed by atoms with Gasteiger partial charge in [-0.05, 0) is 12.6 Å². The minimum atomic E-state index is -4.56. The van der Waals surface area contributed by atoms with Crippen LogP contribution >= 0.6 is 0 Å². The number of pyridine rings is 1. The van der Waals surface area contributed by atoms with Crippen molar-refractivity contribution in [1.29, 1.82) is 0 Å². The fourth-order valence-electron chi connectivity index (χ4n) is 2.57. The highest BCUT2D eigenvalue weighted by molar-refractivity contribution is 5.95. The lowest BCUT2D eigenvalue weighted by Gasteiger charge is -2.33. The molecule has 1 amide bonds. The molecule has 0 atom stereocenters. The Hall–Kier alpha value is -1.67. The lowest BCUT2D eigenvalue weighted by molar-refractivity contribution is -0.138. The molecule has 2 rings (SSSR count). The third kappa shape index (κ3) is 4.90. The molecule has 2 heterocycles. The van der Waals surface area contributed by atoms with Crippen LogP contribution < -0.4 is 5.32 Å². The Morgan fingerprint density at radius 2 is 1.91 bits per heavy atom. The molecular weight excluding hydrogens is 309 g/mol. The summed E-state index contributed by atoms with van der Waals surface area (Å²) in [5, 5.41) is 2.55. The average molecular weight is 330 g/mol. The Bertz CT molecular complexity index is 528. The summed E-state index contributed by atoms with van der Waals surface area (Å²) in [5.74, 6) is -0.738. The Kier molecular flexibility index (Phi) is 5.95. The van der Waals surface area contributed by atoms with Crippen LogP contribution in [0.1, 0.15) is 22.8 Å². The summed E-state index contributed by atoms with van der Waals surface area (Å²) < 4.78 is 38.6. The molecule has 0 aromatic carbocycles. The number of amides is 1. The molecule has 0 spiro atoms. The summed E-state index contributed by atoms with van der Waals surface area (Å²) in [4.78, 5) is 20.1. The molecule has 23 heavy (non-hydrogen) atoms. The Morgan fingerprint density at radius 3 is 2.52 bits per heavy atom. The topological polar surface area (TPSA) is 48.5 Å². The van der Waals surface area contributed by atoms with E-state index in [1.54, 1.807) is 0 Å². The lowest BCUT2D eigenvalue weighted by Crippen LogP contribution is -2.48. The zero-order valence-electron chi connectivity index (χ0n) is 13.1. The van der Waals surface area contributed by atoms with Crippen LogP contribution in [0.25, 0.3) is 0 Å². The van der Waals surface area contributed by atoms with Crippen LogP contribution in [0.2, 0.25) is 0 Å². The summed E-state index contributed by atoms with van der Waals surface area (Å²) >= 11 is 0. The van der Waals surface area contributed by atoms with Gasteiger partial charge in [0.25, 0.3) is 5.91 Å². The van der Waals surface area contributed by atoms with Crippen LogP contribution in [0.15, 0.2) is 18.5 Å². The van der Waals surface area contributed by atoms with Crippen molar-refractivity contribution in [3.8, 4) is 0 Å². The third-order valence-corrected chi connectivity index (χ3v) is 4.00. The molecule has 1 N–H and O–H groups in total. The van der Waals surface area contributed by atoms with Gasteiger partial charge in [-0.1, -0.05) is 6.92 Å². The molecule has 0 aliphatic carbocycles. The van der Waals surface area contributed by atoms with Crippen LogP contribution in [-0.2, 0) is 6.18 Å². The van der Waals surface area contributed by atoms with Crippen molar-refractivity contribution in [2.45, 2.75) is 13.1 Å². The first-order valence-corrected chi connectivity index (χ1v) is 7.66. The molecule has 1 aliphatic heterocycles. The van der Waals surface area contributed by atoms with Gasteiger partial charge in [0.15, 0.2) is 0 Å². The summed E-state index contributed by atoms with van der Waals surface area (Å²) in [6.45, 7) is 7.85. The second-order valence-corrected chi connectivity index (χ2v) is 5.45. The van der Waals surface area contributed by atoms with Crippen molar-refractivity contribution in [1.82, 2.24) is 20.1 Å². The van der Waals surface area contributed by atoms with E-state index in [0.29, 0.717) is 13.1 Å². The van der Waals surface area contributed by atoms with Gasteiger partial charge in [0.05, 0.1) is 11.1 Å². The number of rotatable bonds is 5. The van der Waals surface area contributed by atoms with Crippen LogP contribution in [0, 0.1) is 0 Å². The van der Waals surface area contributed by atoms with Gasteiger partial charge in [0, 0.05) is 51.7 Å². The first-order chi connectivity index (χ1) is 10.9. The predicted molar refractivity (Wildman–Crippen MR) is 80.1 cm³/mol. The number of hydrogen-bond donors (Lipinski definition) is 1. The van der Waals surface area contributed by atoms with Gasteiger partial charge in [-0.15, -0.1) is 0 Å². The van der Waals surface area contributed by atoms with E-state index in [9.17, 15) is 18.0 Å². The number of carbonyl (C=O) groups excluding carboxylic acids is 1. The van der Waals surface area contributed by atoms with Crippen LogP contribution in [-0.4, -0.2) is 66.5 Å². The molecule has 128 valence electrons. The van der Waals surface area contributed by atoms with Gasteiger partial charge >= 0.3 is 6.18 Å². The highest BCUT2D eigenvalue weighted by atomic mass is 19.4. The quantitative estimate of drug-likeness (QED) is 0.888. The summed E-state index contributed by atoms with van der Waals surface area (Å²) in [6.07, 6.45) is -2.57. The Morgan fingerprint density at radius 1 is 1.26 bits per heavy atom. The van der Waals surface area contributed by atoms with Crippen molar-refractivity contribution in [3.63, 3.8) is 0 Å². The SMILES string of the molecule is CCN1CCN(CCNC(=O)c2cnccc2C(F)(F)F)CC1. The number of nitrogens with one attached hydrogen (secondary N) is 1. The minimum Gasteiger partial charge on any atom is -0.351 e. The molecule has 5 nitrogen and oxygen atoms in total. The zero-order chi connectivity index (χ0) is 16.9. The van der Waals surface area contributed by atoms with Gasteiger partial charge in [0.2, 0.25) is 0 Å². The first kappa shape index (κ1) is 17.7. The van der Waals surface area contributed by atoms with Gasteiger partial charge in [-0.3, -0.25) is 14.7 Å². The van der Waals surface area contributed by atoms with Crippen LogP contribution in [0.3, 0.4) is 0 Å². The van der Waals surface area contributed by atoms with Crippen molar-refractivity contribution in [2.75, 3.05) is 45.8 Å². The molecule has 0 unspecified atom stereocenters. The van der Waals surface area contributed by atoms with E-state index < -0.39 is 23.2 Å². The van der Waals surface area contributed by atoms with E-state index in [0.717, 1.165) is 51.2 Å². The zero-order valence-corrected chi connectivity index (χ0v) is 13.1. The largest absolute Gasteiger partial charge is 0.417 e. The Balaban J connectivity index is 1.84. The molecule has 0 bridgehead atoms. The number of likely N-dealkylation sites (N-methyl/N-ethyl adjacent to an activating group) is 1. The number of carbonyl (C=O) groups is 1. The summed E-state index contributed by atoms with van der Waals surface area (Å²) in [5.41, 5.74) is -1.39. The standard InChI is InChI=1S/C15H21F3N4O/c1-2-21-7-9-22(10-8-21)6-5-20-14(23)12-11-19-4-3-13(12)15(16,17)18/h3-4,11H,2,5-10H2,1H3,(H,20,23). The summed E-state index contributed by atoms with van der Waals surface area (Å²) in [7, 11) is 0. The molecule has 0 saturated carbocycles. The predicted octanol–water partition coefficient (Wildman–Crippen LogP) is 1.47. The van der Waals surface area contributed by atoms with E-state index in [2.05, 4.69) is 27.0 Å². The number of piperazine rings is 1. The van der Waals surface area contributed by atoms with Gasteiger partial charge < -0.3 is 10.2 Å². The van der Waals surface area contributed by atoms with E-state index in [4.69, 9.17) is 0 Å². The van der Waals surface area contributed by atoms with Gasteiger partial charge in [-0.2, -0.15) is 13.2 Å². The molecule has 0 radical (unpaired) electrons. The van der Waals surface area contributed by atoms with Crippen LogP contribution in [0.4, 0.5) is 13.2 Å². The molecular formula is C15H21F3N4O. The molecule has 1 aliphatic rings. The second-order valence-electron chi connectivity index (χ2n) is 5.45. The first-order valence-electron chi connectivity index (χ1n) is 7.66. The number of nitrogens with zero attached hydrogens (tertiary/aromatic N) is 3. The highest BCUT2D eigenvalue weighted by Gasteiger charge is 2.35. The van der Waals surface area contributed by atoms with Gasteiger partial charge in [0.1, 0.15) is 0 Å². The lowest BCUT2D eigenvalue weighted by atomic mass is 10.1. The fraction of sp³-hybridized carbons (Fsp3) is 0.600. The van der Waals surface area contributed by atoms with Crippen molar-refractivity contribution < 1.29 is 18.0 Å². The van der Waals surface area contributed by atoms with Crippen molar-refractivity contribution in [2.24, 2.45) is 0 Å². The highest BCUT2D eigenvalue weighted by Crippen LogP contribution is 2.31. The average Bonchev–Trinajstić information content (AvgIpc) is 2.54. The maximum atomic E-state index is 12.9. The Labute approximate surface area is 133 Å². The smallest absolute Gasteiger partial charge is 0.351 e. The molecule has 8 heteroatoms.